The van der Waals surface area contributed by atoms with Gasteiger partial charge in [-0.2, -0.15) is 4.37 Å². The molecule has 0 N–H and O–H groups in total. The fourth-order valence-corrected chi connectivity index (χ4v) is 4.08. The first-order valence-corrected chi connectivity index (χ1v) is 8.97. The Bertz CT molecular complexity index is 681. The van der Waals surface area contributed by atoms with Gasteiger partial charge in [0.05, 0.1) is 26.0 Å². The van der Waals surface area contributed by atoms with E-state index in [1.54, 1.807) is 25.8 Å². The van der Waals surface area contributed by atoms with Gasteiger partial charge >= 0.3 is 0 Å². The molecule has 1 aliphatic heterocycles. The molecule has 130 valence electrons. The molecule has 1 aromatic carbocycles. The largest absolute Gasteiger partial charge is 0.493 e. The zero-order chi connectivity index (χ0) is 17.1. The summed E-state index contributed by atoms with van der Waals surface area (Å²) in [4.78, 5) is 6.19. The lowest BCUT2D eigenvalue weighted by Gasteiger charge is -2.37. The maximum Gasteiger partial charge on any atom is 0.161 e. The van der Waals surface area contributed by atoms with Crippen molar-refractivity contribution in [2.45, 2.75) is 13.0 Å². The SMILES string of the molecule is COc1ccc(C(c2cc(C)ns2)N2CCN(C)CC2)cc1OC. The van der Waals surface area contributed by atoms with Crippen LogP contribution in [0.25, 0.3) is 0 Å². The lowest BCUT2D eigenvalue weighted by molar-refractivity contribution is 0.128. The second-order valence-electron chi connectivity index (χ2n) is 6.23. The van der Waals surface area contributed by atoms with Crippen molar-refractivity contribution >= 4 is 11.5 Å². The molecule has 1 unspecified atom stereocenters. The first-order chi connectivity index (χ1) is 11.6. The Morgan fingerprint density at radius 3 is 2.33 bits per heavy atom. The molecule has 1 saturated heterocycles. The molecule has 24 heavy (non-hydrogen) atoms. The molecule has 0 amide bonds. The molecule has 2 heterocycles. The van der Waals surface area contributed by atoms with E-state index in [-0.39, 0.29) is 6.04 Å². The highest BCUT2D eigenvalue weighted by Crippen LogP contribution is 2.37. The lowest BCUT2D eigenvalue weighted by Crippen LogP contribution is -2.46. The van der Waals surface area contributed by atoms with Gasteiger partial charge < -0.3 is 14.4 Å². The molecule has 2 aromatic rings. The highest BCUT2D eigenvalue weighted by Gasteiger charge is 2.27. The van der Waals surface area contributed by atoms with Crippen LogP contribution >= 0.6 is 11.5 Å². The van der Waals surface area contributed by atoms with Crippen LogP contribution in [0.2, 0.25) is 0 Å². The van der Waals surface area contributed by atoms with Crippen molar-refractivity contribution in [3.8, 4) is 11.5 Å². The number of likely N-dealkylation sites (N-methyl/N-ethyl adjacent to an activating group) is 1. The zero-order valence-electron chi connectivity index (χ0n) is 14.8. The number of hydrogen-bond donors (Lipinski definition) is 0. The molecule has 0 saturated carbocycles. The highest BCUT2D eigenvalue weighted by molar-refractivity contribution is 7.05. The van der Waals surface area contributed by atoms with Crippen LogP contribution in [0, 0.1) is 6.92 Å². The summed E-state index contributed by atoms with van der Waals surface area (Å²) in [5.41, 5.74) is 2.30. The number of rotatable bonds is 5. The molecular weight excluding hydrogens is 322 g/mol. The Balaban J connectivity index is 1.98. The number of piperazine rings is 1. The Morgan fingerprint density at radius 2 is 1.75 bits per heavy atom. The number of aromatic nitrogens is 1. The second kappa shape index (κ2) is 7.51. The summed E-state index contributed by atoms with van der Waals surface area (Å²) >= 11 is 1.59. The molecule has 3 rings (SSSR count). The normalized spacial score (nSPS) is 17.7. The summed E-state index contributed by atoms with van der Waals surface area (Å²) in [6.45, 7) is 6.32. The van der Waals surface area contributed by atoms with E-state index in [9.17, 15) is 0 Å². The predicted molar refractivity (Wildman–Crippen MR) is 97.3 cm³/mol. The van der Waals surface area contributed by atoms with Crippen LogP contribution in [0.15, 0.2) is 24.3 Å². The van der Waals surface area contributed by atoms with Crippen molar-refractivity contribution in [3.63, 3.8) is 0 Å². The highest BCUT2D eigenvalue weighted by atomic mass is 32.1. The van der Waals surface area contributed by atoms with Gasteiger partial charge in [-0.05, 0) is 49.3 Å². The van der Waals surface area contributed by atoms with Gasteiger partial charge in [-0.25, -0.2) is 0 Å². The third kappa shape index (κ3) is 3.55. The molecular formula is C18H25N3O2S. The Hall–Kier alpha value is -1.63. The summed E-state index contributed by atoms with van der Waals surface area (Å²) < 4.78 is 15.4. The first kappa shape index (κ1) is 17.2. The molecule has 1 fully saturated rings. The van der Waals surface area contributed by atoms with Crippen LogP contribution in [0.3, 0.4) is 0 Å². The zero-order valence-corrected chi connectivity index (χ0v) is 15.6. The monoisotopic (exact) mass is 347 g/mol. The number of aryl methyl sites for hydroxylation is 1. The molecule has 1 aromatic heterocycles. The minimum Gasteiger partial charge on any atom is -0.493 e. The molecule has 0 aliphatic carbocycles. The summed E-state index contributed by atoms with van der Waals surface area (Å²) in [7, 11) is 5.53. The van der Waals surface area contributed by atoms with Crippen LogP contribution in [0.1, 0.15) is 22.2 Å². The van der Waals surface area contributed by atoms with Gasteiger partial charge in [0.2, 0.25) is 0 Å². The van der Waals surface area contributed by atoms with E-state index in [1.165, 1.54) is 10.4 Å². The average molecular weight is 347 g/mol. The average Bonchev–Trinajstić information content (AvgIpc) is 3.02. The van der Waals surface area contributed by atoms with Crippen molar-refractivity contribution in [2.75, 3.05) is 47.4 Å². The molecule has 1 aliphatic rings. The summed E-state index contributed by atoms with van der Waals surface area (Å²) in [5.74, 6) is 1.54. The van der Waals surface area contributed by atoms with Gasteiger partial charge in [0.25, 0.3) is 0 Å². The predicted octanol–water partition coefficient (Wildman–Crippen LogP) is 2.81. The van der Waals surface area contributed by atoms with Crippen molar-refractivity contribution < 1.29 is 9.47 Å². The van der Waals surface area contributed by atoms with E-state index in [0.717, 1.165) is 43.4 Å². The van der Waals surface area contributed by atoms with Crippen molar-refractivity contribution in [3.05, 3.63) is 40.4 Å². The number of ether oxygens (including phenoxy) is 2. The van der Waals surface area contributed by atoms with Gasteiger partial charge in [-0.3, -0.25) is 4.90 Å². The number of nitrogens with zero attached hydrogens (tertiary/aromatic N) is 3. The summed E-state index contributed by atoms with van der Waals surface area (Å²) in [6.07, 6.45) is 0. The Labute approximate surface area is 148 Å². The Morgan fingerprint density at radius 1 is 1.04 bits per heavy atom. The number of methoxy groups -OCH3 is 2. The minimum absolute atomic E-state index is 0.213. The van der Waals surface area contributed by atoms with Crippen LogP contribution in [0.5, 0.6) is 11.5 Å². The number of hydrogen-bond acceptors (Lipinski definition) is 6. The smallest absolute Gasteiger partial charge is 0.161 e. The fourth-order valence-electron chi connectivity index (χ4n) is 3.17. The van der Waals surface area contributed by atoms with E-state index < -0.39 is 0 Å². The summed E-state index contributed by atoms with van der Waals surface area (Å²) in [5, 5.41) is 0. The number of benzene rings is 1. The molecule has 6 heteroatoms. The van der Waals surface area contributed by atoms with Crippen molar-refractivity contribution in [1.29, 1.82) is 0 Å². The maximum atomic E-state index is 5.51. The van der Waals surface area contributed by atoms with Gasteiger partial charge in [0.1, 0.15) is 0 Å². The fraction of sp³-hybridized carbons (Fsp3) is 0.500. The molecule has 0 radical (unpaired) electrons. The van der Waals surface area contributed by atoms with Gasteiger partial charge in [-0.1, -0.05) is 6.07 Å². The topological polar surface area (TPSA) is 37.8 Å². The minimum atomic E-state index is 0.213. The molecule has 5 nitrogen and oxygen atoms in total. The third-order valence-electron chi connectivity index (χ3n) is 4.54. The van der Waals surface area contributed by atoms with Crippen LogP contribution in [0.4, 0.5) is 0 Å². The quantitative estimate of drug-likeness (QED) is 0.831. The van der Waals surface area contributed by atoms with Crippen molar-refractivity contribution in [2.24, 2.45) is 0 Å². The standard InChI is InChI=1S/C18H25N3O2S/c1-13-11-17(24-19-13)18(21-9-7-20(2)8-10-21)14-5-6-15(22-3)16(12-14)23-4/h5-6,11-12,18H,7-10H2,1-4H3. The maximum absolute atomic E-state index is 5.51. The molecule has 0 spiro atoms. The second-order valence-corrected chi connectivity index (χ2v) is 7.06. The van der Waals surface area contributed by atoms with E-state index >= 15 is 0 Å². The van der Waals surface area contributed by atoms with Gasteiger partial charge in [-0.15, -0.1) is 0 Å². The van der Waals surface area contributed by atoms with Gasteiger partial charge in [0.15, 0.2) is 11.5 Å². The van der Waals surface area contributed by atoms with Crippen molar-refractivity contribution in [1.82, 2.24) is 14.2 Å². The van der Waals surface area contributed by atoms with Crippen LogP contribution < -0.4 is 9.47 Å². The van der Waals surface area contributed by atoms with Crippen LogP contribution in [-0.2, 0) is 0 Å². The van der Waals surface area contributed by atoms with Crippen LogP contribution in [-0.4, -0.2) is 61.6 Å². The molecule has 0 bridgehead atoms. The lowest BCUT2D eigenvalue weighted by atomic mass is 10.0. The van der Waals surface area contributed by atoms with E-state index in [1.807, 2.05) is 6.07 Å². The van der Waals surface area contributed by atoms with E-state index in [4.69, 9.17) is 9.47 Å². The Kier molecular flexibility index (Phi) is 5.38. The first-order valence-electron chi connectivity index (χ1n) is 8.20. The van der Waals surface area contributed by atoms with Gasteiger partial charge in [0, 0.05) is 31.1 Å². The third-order valence-corrected chi connectivity index (χ3v) is 5.47. The van der Waals surface area contributed by atoms with E-state index in [2.05, 4.69) is 46.3 Å². The molecule has 1 atom stereocenters. The summed E-state index contributed by atoms with van der Waals surface area (Å²) in [6, 6.07) is 8.64. The van der Waals surface area contributed by atoms with E-state index in [0.29, 0.717) is 0 Å².